The summed E-state index contributed by atoms with van der Waals surface area (Å²) in [5, 5.41) is 4.65. The molecule has 150 valence electrons. The summed E-state index contributed by atoms with van der Waals surface area (Å²) >= 11 is 6.16. The van der Waals surface area contributed by atoms with Gasteiger partial charge in [0.05, 0.1) is 18.9 Å². The normalized spacial score (nSPS) is 10.9. The Morgan fingerprint density at radius 2 is 1.97 bits per heavy atom. The number of rotatable bonds is 7. The first-order valence-corrected chi connectivity index (χ1v) is 9.30. The standard InChI is InChI=1S/C22H21ClN2O4/c1-14-10-18(15(2)29-14)22(26)25-24-12-16-8-9-20(21(11-16)27-3)28-13-17-6-4-5-7-19(17)23/h4-12H,13H2,1-3H3,(H,25,26). The Morgan fingerprint density at radius 3 is 2.66 bits per heavy atom. The number of hydrogen-bond donors (Lipinski definition) is 1. The third kappa shape index (κ3) is 5.18. The molecule has 0 spiro atoms. The summed E-state index contributed by atoms with van der Waals surface area (Å²) in [7, 11) is 1.56. The summed E-state index contributed by atoms with van der Waals surface area (Å²) in [6.07, 6.45) is 1.53. The van der Waals surface area contributed by atoms with Crippen molar-refractivity contribution in [2.75, 3.05) is 7.11 Å². The molecular formula is C22H21ClN2O4. The molecule has 6 nitrogen and oxygen atoms in total. The van der Waals surface area contributed by atoms with Crippen LogP contribution in [-0.4, -0.2) is 19.2 Å². The molecule has 0 bridgehead atoms. The van der Waals surface area contributed by atoms with Crippen LogP contribution < -0.4 is 14.9 Å². The van der Waals surface area contributed by atoms with Crippen LogP contribution in [0.5, 0.6) is 11.5 Å². The number of carbonyl (C=O) groups excluding carboxylic acids is 1. The minimum atomic E-state index is -0.331. The lowest BCUT2D eigenvalue weighted by Gasteiger charge is -2.12. The summed E-state index contributed by atoms with van der Waals surface area (Å²) in [4.78, 5) is 12.2. The molecular weight excluding hydrogens is 392 g/mol. The van der Waals surface area contributed by atoms with Crippen molar-refractivity contribution in [1.29, 1.82) is 0 Å². The number of amides is 1. The van der Waals surface area contributed by atoms with Gasteiger partial charge >= 0.3 is 0 Å². The molecule has 1 N–H and O–H groups in total. The lowest BCUT2D eigenvalue weighted by atomic mass is 10.2. The molecule has 0 aliphatic rings. The Kier molecular flexibility index (Phi) is 6.57. The Morgan fingerprint density at radius 1 is 1.17 bits per heavy atom. The van der Waals surface area contributed by atoms with Gasteiger partial charge in [0, 0.05) is 10.6 Å². The highest BCUT2D eigenvalue weighted by molar-refractivity contribution is 6.31. The third-order valence-electron chi connectivity index (χ3n) is 4.19. The highest BCUT2D eigenvalue weighted by Crippen LogP contribution is 2.29. The fourth-order valence-corrected chi connectivity index (χ4v) is 2.93. The number of methoxy groups -OCH3 is 1. The molecule has 29 heavy (non-hydrogen) atoms. The Balaban J connectivity index is 1.65. The Bertz CT molecular complexity index is 1040. The molecule has 0 aliphatic heterocycles. The number of benzene rings is 2. The van der Waals surface area contributed by atoms with Gasteiger partial charge in [-0.1, -0.05) is 29.8 Å². The third-order valence-corrected chi connectivity index (χ3v) is 4.56. The Hall–Kier alpha value is -3.25. The van der Waals surface area contributed by atoms with Crippen molar-refractivity contribution in [3.8, 4) is 11.5 Å². The van der Waals surface area contributed by atoms with Crippen LogP contribution >= 0.6 is 11.6 Å². The monoisotopic (exact) mass is 412 g/mol. The van der Waals surface area contributed by atoms with E-state index in [1.807, 2.05) is 30.3 Å². The van der Waals surface area contributed by atoms with Crippen molar-refractivity contribution in [3.05, 3.63) is 81.8 Å². The lowest BCUT2D eigenvalue weighted by molar-refractivity contribution is 0.0953. The van der Waals surface area contributed by atoms with Gasteiger partial charge in [-0.15, -0.1) is 0 Å². The average molecular weight is 413 g/mol. The van der Waals surface area contributed by atoms with Crippen LogP contribution in [-0.2, 0) is 6.61 Å². The van der Waals surface area contributed by atoms with Crippen LogP contribution in [0.3, 0.4) is 0 Å². The van der Waals surface area contributed by atoms with E-state index in [4.69, 9.17) is 25.5 Å². The van der Waals surface area contributed by atoms with E-state index in [2.05, 4.69) is 10.5 Å². The van der Waals surface area contributed by atoms with E-state index in [-0.39, 0.29) is 5.91 Å². The van der Waals surface area contributed by atoms with E-state index in [1.54, 1.807) is 39.2 Å². The van der Waals surface area contributed by atoms with Crippen LogP contribution in [0.1, 0.15) is 33.0 Å². The molecule has 0 atom stereocenters. The SMILES string of the molecule is COc1cc(C=NNC(=O)c2cc(C)oc2C)ccc1OCc1ccccc1Cl. The maximum absolute atomic E-state index is 12.2. The highest BCUT2D eigenvalue weighted by atomic mass is 35.5. The molecule has 1 heterocycles. The minimum Gasteiger partial charge on any atom is -0.493 e. The molecule has 0 aliphatic carbocycles. The number of nitrogens with one attached hydrogen (secondary N) is 1. The topological polar surface area (TPSA) is 73.1 Å². The van der Waals surface area contributed by atoms with Crippen LogP contribution in [0.2, 0.25) is 5.02 Å². The van der Waals surface area contributed by atoms with Crippen LogP contribution in [0.25, 0.3) is 0 Å². The van der Waals surface area contributed by atoms with Crippen molar-refractivity contribution in [2.45, 2.75) is 20.5 Å². The molecule has 1 aromatic heterocycles. The number of nitrogens with zero attached hydrogens (tertiary/aromatic N) is 1. The molecule has 0 unspecified atom stereocenters. The Labute approximate surface area is 174 Å². The zero-order chi connectivity index (χ0) is 20.8. The largest absolute Gasteiger partial charge is 0.493 e. The highest BCUT2D eigenvalue weighted by Gasteiger charge is 2.12. The summed E-state index contributed by atoms with van der Waals surface area (Å²) in [5.74, 6) is 2.03. The van der Waals surface area contributed by atoms with Gasteiger partial charge in [0.2, 0.25) is 0 Å². The number of hydrogen-bond acceptors (Lipinski definition) is 5. The summed E-state index contributed by atoms with van der Waals surface area (Å²) in [5.41, 5.74) is 4.58. The molecule has 0 saturated heterocycles. The first-order chi connectivity index (χ1) is 14.0. The van der Waals surface area contributed by atoms with Crippen LogP contribution in [0.15, 0.2) is 58.0 Å². The molecule has 7 heteroatoms. The minimum absolute atomic E-state index is 0.322. The van der Waals surface area contributed by atoms with Crippen molar-refractivity contribution in [2.24, 2.45) is 5.10 Å². The van der Waals surface area contributed by atoms with Gasteiger partial charge in [0.1, 0.15) is 18.1 Å². The van der Waals surface area contributed by atoms with Gasteiger partial charge in [-0.25, -0.2) is 5.43 Å². The smallest absolute Gasteiger partial charge is 0.274 e. The molecule has 0 saturated carbocycles. The fraction of sp³-hybridized carbons (Fsp3) is 0.182. The van der Waals surface area contributed by atoms with E-state index in [9.17, 15) is 4.79 Å². The summed E-state index contributed by atoms with van der Waals surface area (Å²) in [6, 6.07) is 14.5. The van der Waals surface area contributed by atoms with Gasteiger partial charge < -0.3 is 13.9 Å². The molecule has 0 fully saturated rings. The van der Waals surface area contributed by atoms with Gasteiger partial charge in [0.15, 0.2) is 11.5 Å². The van der Waals surface area contributed by atoms with E-state index >= 15 is 0 Å². The predicted octanol–water partition coefficient (Wildman–Crippen LogP) is 4.90. The van der Waals surface area contributed by atoms with Crippen LogP contribution in [0.4, 0.5) is 0 Å². The van der Waals surface area contributed by atoms with Crippen LogP contribution in [0, 0.1) is 13.8 Å². The number of furan rings is 1. The second kappa shape index (κ2) is 9.30. The van der Waals surface area contributed by atoms with Gasteiger partial charge in [-0.3, -0.25) is 4.79 Å². The van der Waals surface area contributed by atoms with Crippen molar-refractivity contribution < 1.29 is 18.7 Å². The predicted molar refractivity (Wildman–Crippen MR) is 112 cm³/mol. The molecule has 1 amide bonds. The number of halogens is 1. The van der Waals surface area contributed by atoms with E-state index in [1.165, 1.54) is 6.21 Å². The fourth-order valence-electron chi connectivity index (χ4n) is 2.74. The zero-order valence-electron chi connectivity index (χ0n) is 16.4. The van der Waals surface area contributed by atoms with E-state index in [0.29, 0.717) is 40.2 Å². The number of aryl methyl sites for hydroxylation is 2. The van der Waals surface area contributed by atoms with Gasteiger partial charge in [0.25, 0.3) is 5.91 Å². The second-order valence-electron chi connectivity index (χ2n) is 6.32. The average Bonchev–Trinajstić information content (AvgIpc) is 3.06. The maximum atomic E-state index is 12.2. The molecule has 3 rings (SSSR count). The first-order valence-electron chi connectivity index (χ1n) is 8.92. The lowest BCUT2D eigenvalue weighted by Crippen LogP contribution is -2.17. The summed E-state index contributed by atoms with van der Waals surface area (Å²) < 4.78 is 16.6. The van der Waals surface area contributed by atoms with Crippen molar-refractivity contribution >= 4 is 23.7 Å². The quantitative estimate of drug-likeness (QED) is 0.442. The van der Waals surface area contributed by atoms with Gasteiger partial charge in [-0.2, -0.15) is 5.10 Å². The van der Waals surface area contributed by atoms with E-state index in [0.717, 1.165) is 11.1 Å². The first kappa shape index (κ1) is 20.5. The number of carbonyl (C=O) groups is 1. The second-order valence-corrected chi connectivity index (χ2v) is 6.72. The van der Waals surface area contributed by atoms with Gasteiger partial charge in [-0.05, 0) is 49.7 Å². The molecule has 0 radical (unpaired) electrons. The molecule has 3 aromatic rings. The van der Waals surface area contributed by atoms with Crippen molar-refractivity contribution in [1.82, 2.24) is 5.43 Å². The summed E-state index contributed by atoms with van der Waals surface area (Å²) in [6.45, 7) is 3.84. The molecule has 2 aromatic carbocycles. The zero-order valence-corrected chi connectivity index (χ0v) is 17.1. The number of ether oxygens (including phenoxy) is 2. The maximum Gasteiger partial charge on any atom is 0.274 e. The van der Waals surface area contributed by atoms with Crippen molar-refractivity contribution in [3.63, 3.8) is 0 Å². The number of hydrazone groups is 1. The van der Waals surface area contributed by atoms with E-state index < -0.39 is 0 Å².